The first-order chi connectivity index (χ1) is 19.9. The third-order valence-electron chi connectivity index (χ3n) is 5.86. The molecule has 0 radical (unpaired) electrons. The molecular formula is C17H23N8O14P3S. The van der Waals surface area contributed by atoms with Gasteiger partial charge in [-0.25, -0.2) is 18.7 Å². The van der Waals surface area contributed by atoms with E-state index in [1.807, 2.05) is 0 Å². The molecule has 6 unspecified atom stereocenters. The van der Waals surface area contributed by atoms with E-state index in [4.69, 9.17) is 46.5 Å². The fourth-order valence-electron chi connectivity index (χ4n) is 4.33. The van der Waals surface area contributed by atoms with Crippen LogP contribution in [0.4, 0.5) is 11.8 Å². The van der Waals surface area contributed by atoms with Crippen LogP contribution in [-0.2, 0) is 52.9 Å². The van der Waals surface area contributed by atoms with Crippen molar-refractivity contribution in [1.29, 1.82) is 0 Å². The van der Waals surface area contributed by atoms with Crippen molar-refractivity contribution in [3.63, 3.8) is 0 Å². The number of imidazole rings is 1. The Morgan fingerprint density at radius 3 is 2.51 bits per heavy atom. The molecule has 5 heterocycles. The van der Waals surface area contributed by atoms with Crippen molar-refractivity contribution in [2.24, 2.45) is 7.05 Å². The molecule has 2 fully saturated rings. The van der Waals surface area contributed by atoms with Crippen LogP contribution in [0.1, 0.15) is 11.9 Å². The fraction of sp³-hybridized carbons (Fsp3) is 0.471. The van der Waals surface area contributed by atoms with Crippen molar-refractivity contribution in [2.45, 2.75) is 37.8 Å². The molecule has 43 heavy (non-hydrogen) atoms. The van der Waals surface area contributed by atoms with E-state index in [2.05, 4.69) is 34.0 Å². The van der Waals surface area contributed by atoms with E-state index in [0.717, 1.165) is 0 Å². The van der Waals surface area contributed by atoms with Gasteiger partial charge >= 0.3 is 23.5 Å². The molecule has 0 spiro atoms. The average molecular weight is 688 g/mol. The number of nitrogen functional groups attached to an aromatic ring is 1. The maximum absolute atomic E-state index is 13.0. The Labute approximate surface area is 244 Å². The number of H-pyrrole nitrogens is 1. The Kier molecular flexibility index (Phi) is 8.53. The van der Waals surface area contributed by atoms with Gasteiger partial charge in [0.05, 0.1) is 18.6 Å². The van der Waals surface area contributed by atoms with E-state index in [-0.39, 0.29) is 21.8 Å². The maximum atomic E-state index is 13.0. The van der Waals surface area contributed by atoms with Gasteiger partial charge in [-0.3, -0.25) is 18.6 Å². The molecule has 3 aromatic rings. The molecule has 0 aromatic carbocycles. The quantitative estimate of drug-likeness (QED) is 0.110. The first-order valence-electron chi connectivity index (χ1n) is 11.7. The van der Waals surface area contributed by atoms with Gasteiger partial charge in [-0.1, -0.05) is 12.2 Å². The number of anilines is 2. The minimum absolute atomic E-state index is 0.0506. The van der Waals surface area contributed by atoms with E-state index >= 15 is 0 Å². The first-order valence-corrected chi connectivity index (χ1v) is 16.6. The highest BCUT2D eigenvalue weighted by molar-refractivity contribution is 7.71. The lowest BCUT2D eigenvalue weighted by Crippen LogP contribution is -2.34. The molecule has 0 bridgehead atoms. The highest BCUT2D eigenvalue weighted by atomic mass is 32.1. The topological polar surface area (TPSA) is 307 Å². The molecular weight excluding hydrogens is 665 g/mol. The molecule has 22 nitrogen and oxygen atoms in total. The van der Waals surface area contributed by atoms with Crippen LogP contribution in [0.5, 0.6) is 0 Å². The Bertz CT molecular complexity index is 1770. The lowest BCUT2D eigenvalue weighted by Gasteiger charge is -2.22. The molecule has 1 amide bonds. The van der Waals surface area contributed by atoms with Gasteiger partial charge in [-0.05, 0) is 6.92 Å². The summed E-state index contributed by atoms with van der Waals surface area (Å²) in [5.41, 5.74) is 6.81. The number of amides is 1. The Balaban J connectivity index is 1.39. The predicted octanol–water partition coefficient (Wildman–Crippen LogP) is 0.103. The summed E-state index contributed by atoms with van der Waals surface area (Å²) in [5, 5.41) is 6.74. The van der Waals surface area contributed by atoms with Gasteiger partial charge < -0.3 is 49.8 Å². The molecule has 8 N–H and O–H groups in total. The molecule has 26 heteroatoms. The lowest BCUT2D eigenvalue weighted by molar-refractivity contribution is -0.166. The number of hydrogen-bond acceptors (Lipinski definition) is 15. The summed E-state index contributed by atoms with van der Waals surface area (Å²) in [6, 6.07) is 1.60. The number of nitrogens with two attached hydrogens (primary N) is 1. The van der Waals surface area contributed by atoms with Crippen LogP contribution in [-0.4, -0.2) is 86.0 Å². The third-order valence-corrected chi connectivity index (χ3v) is 9.95. The number of carbonyl (C=O) groups is 1. The van der Waals surface area contributed by atoms with Crippen molar-refractivity contribution >= 4 is 64.5 Å². The van der Waals surface area contributed by atoms with Crippen LogP contribution in [0.3, 0.4) is 0 Å². The number of phosphoric ester groups is 1. The van der Waals surface area contributed by atoms with Gasteiger partial charge in [0.1, 0.15) is 34.3 Å². The molecule has 5 rings (SSSR count). The second-order valence-electron chi connectivity index (χ2n) is 9.04. The number of aromatic amines is 1. The fourth-order valence-corrected chi connectivity index (χ4v) is 7.61. The van der Waals surface area contributed by atoms with E-state index in [9.17, 15) is 28.3 Å². The number of aryl methyl sites for hydroxylation is 2. The number of aromatic nitrogens is 6. The van der Waals surface area contributed by atoms with Crippen molar-refractivity contribution in [2.75, 3.05) is 17.7 Å². The zero-order valence-corrected chi connectivity index (χ0v) is 25.2. The lowest BCUT2D eigenvalue weighted by atomic mass is 10.1. The minimum atomic E-state index is -5.77. The van der Waals surface area contributed by atoms with Crippen molar-refractivity contribution in [3.8, 4) is 0 Å². The molecule has 2 aliphatic rings. The third kappa shape index (κ3) is 7.11. The van der Waals surface area contributed by atoms with Crippen molar-refractivity contribution < 1.29 is 65.4 Å². The molecule has 0 saturated carbocycles. The van der Waals surface area contributed by atoms with Gasteiger partial charge in [-0.2, -0.15) is 18.7 Å². The second kappa shape index (κ2) is 11.5. The zero-order valence-electron chi connectivity index (χ0n) is 21.7. The minimum Gasteiger partial charge on any atom is -0.369 e. The smallest absolute Gasteiger partial charge is 0.369 e. The van der Waals surface area contributed by atoms with Crippen molar-refractivity contribution in [3.05, 3.63) is 22.7 Å². The molecule has 236 valence electrons. The number of fused-ring (bicyclic) bond motifs is 2. The Hall–Kier alpha value is -2.46. The average Bonchev–Trinajstić information content (AvgIpc) is 3.59. The van der Waals surface area contributed by atoms with Crippen molar-refractivity contribution in [1.82, 2.24) is 29.3 Å². The number of nitrogens with one attached hydrogen (secondary N) is 2. The Morgan fingerprint density at radius 1 is 1.16 bits per heavy atom. The largest absolute Gasteiger partial charge is 0.490 e. The molecule has 2 aliphatic heterocycles. The summed E-state index contributed by atoms with van der Waals surface area (Å²) in [6.07, 6.45) is -4.98. The van der Waals surface area contributed by atoms with Gasteiger partial charge in [0.2, 0.25) is 12.2 Å². The molecule has 7 atom stereocenters. The van der Waals surface area contributed by atoms with Crippen LogP contribution < -0.4 is 11.1 Å². The summed E-state index contributed by atoms with van der Waals surface area (Å²) in [4.78, 5) is 60.8. The molecule has 3 aromatic heterocycles. The van der Waals surface area contributed by atoms with Crippen LogP contribution in [0.15, 0.2) is 12.4 Å². The number of carbonyl (C=O) groups excluding carboxylic acids is 1. The summed E-state index contributed by atoms with van der Waals surface area (Å²) in [6.45, 7) is 0.831. The van der Waals surface area contributed by atoms with Crippen LogP contribution in [0.2, 0.25) is 0 Å². The van der Waals surface area contributed by atoms with E-state index in [1.165, 1.54) is 15.6 Å². The predicted molar refractivity (Wildman–Crippen MR) is 141 cm³/mol. The summed E-state index contributed by atoms with van der Waals surface area (Å²) < 4.78 is 67.6. The van der Waals surface area contributed by atoms with E-state index in [1.54, 1.807) is 20.0 Å². The maximum Gasteiger partial charge on any atom is 0.490 e. The molecule has 0 aliphatic carbocycles. The highest BCUT2D eigenvalue weighted by Gasteiger charge is 2.56. The van der Waals surface area contributed by atoms with Gasteiger partial charge in [0.15, 0.2) is 11.9 Å². The summed E-state index contributed by atoms with van der Waals surface area (Å²) in [7, 11) is -15.3. The summed E-state index contributed by atoms with van der Waals surface area (Å²) >= 11 is 5.23. The number of rotatable bonds is 10. The number of phosphoric acid groups is 3. The Morgan fingerprint density at radius 2 is 1.86 bits per heavy atom. The highest BCUT2D eigenvalue weighted by Crippen LogP contribution is 2.66. The monoisotopic (exact) mass is 688 g/mol. The van der Waals surface area contributed by atoms with Crippen LogP contribution >= 0.6 is 35.7 Å². The number of hydrogen-bond donors (Lipinski definition) is 7. The number of ether oxygens (including phenoxy) is 3. The second-order valence-corrected chi connectivity index (χ2v) is 13.9. The van der Waals surface area contributed by atoms with Crippen LogP contribution in [0.25, 0.3) is 11.2 Å². The van der Waals surface area contributed by atoms with Crippen LogP contribution in [0, 0.1) is 11.6 Å². The standard InChI is InChI=1S/C17H23N8O14P3S/c1-6-3-8(24(2)23-6)20-13(26)16-36-10-7(4-34-41(30,31)39-42(32,33)38-40(27,28)29)35-15(11(10)37-16)25-5-19-9-12(25)21-17(18)22-14(9)43/h3,5,7,10-11,15-16H,4H2,1-2H3,(H,20,26)(H,30,31)(H,32,33)(H2,27,28,29)(H3,18,21,22,43)/t7?,10?,11?,15?,16-/m1/s1. The summed E-state index contributed by atoms with van der Waals surface area (Å²) in [5.74, 6) is -0.452. The SMILES string of the molecule is Cc1cc(NC(=O)[C@@H]2OC3C(COP(=O)(O)OP(=O)(O)OP(=O)(O)O)OC(n4cnc5c(=S)[nH]c(N)nc54)C3O2)n(C)n1. The first kappa shape index (κ1) is 31.9. The van der Waals surface area contributed by atoms with Gasteiger partial charge in [-0.15, -0.1) is 0 Å². The molecule has 2 saturated heterocycles. The van der Waals surface area contributed by atoms with E-state index in [0.29, 0.717) is 11.5 Å². The van der Waals surface area contributed by atoms with Gasteiger partial charge in [0.25, 0.3) is 5.91 Å². The van der Waals surface area contributed by atoms with Gasteiger partial charge in [0, 0.05) is 13.1 Å². The number of nitrogens with zero attached hydrogens (tertiary/aromatic N) is 5. The zero-order chi connectivity index (χ0) is 31.5. The van der Waals surface area contributed by atoms with E-state index < -0.39 is 66.8 Å². The normalized spacial score (nSPS) is 26.7.